The third-order valence-electron chi connectivity index (χ3n) is 3.64. The minimum absolute atomic E-state index is 0.311. The molecule has 0 aromatic heterocycles. The molecule has 2 rings (SSSR count). The Kier molecular flexibility index (Phi) is 4.65. The Morgan fingerprint density at radius 1 is 1.44 bits per heavy atom. The minimum Gasteiger partial charge on any atom is -0.488 e. The zero-order chi connectivity index (χ0) is 13.0. The van der Waals surface area contributed by atoms with Gasteiger partial charge < -0.3 is 10.1 Å². The Hall–Kier alpha value is -1.02. The van der Waals surface area contributed by atoms with Crippen molar-refractivity contribution in [1.82, 2.24) is 5.32 Å². The van der Waals surface area contributed by atoms with Crippen LogP contribution in [0.1, 0.15) is 44.2 Å². The van der Waals surface area contributed by atoms with Gasteiger partial charge in [0.25, 0.3) is 0 Å². The summed E-state index contributed by atoms with van der Waals surface area (Å²) >= 11 is 0. The highest BCUT2D eigenvalue weighted by Gasteiger charge is 2.22. The fourth-order valence-electron chi connectivity index (χ4n) is 2.51. The topological polar surface area (TPSA) is 21.3 Å². The van der Waals surface area contributed by atoms with Gasteiger partial charge in [0.15, 0.2) is 0 Å². The standard InChI is InChI=1S/C16H25NO/c1-4-5-6-13(3)17-11-15-10-14-9-12(2)7-8-16(14)18-15/h7-9,13,15,17H,4-6,10-11H2,1-3H3. The molecule has 0 radical (unpaired) electrons. The van der Waals surface area contributed by atoms with Crippen LogP contribution in [0.15, 0.2) is 18.2 Å². The van der Waals surface area contributed by atoms with Crippen LogP contribution in [-0.4, -0.2) is 18.7 Å². The van der Waals surface area contributed by atoms with Crippen molar-refractivity contribution in [2.45, 2.75) is 58.6 Å². The molecule has 0 bridgehead atoms. The van der Waals surface area contributed by atoms with Crippen molar-refractivity contribution >= 4 is 0 Å². The van der Waals surface area contributed by atoms with Crippen LogP contribution in [0.5, 0.6) is 5.75 Å². The first-order valence-corrected chi connectivity index (χ1v) is 7.18. The molecule has 1 N–H and O–H groups in total. The summed E-state index contributed by atoms with van der Waals surface area (Å²) in [4.78, 5) is 0. The number of unbranched alkanes of at least 4 members (excludes halogenated alkanes) is 1. The van der Waals surface area contributed by atoms with Gasteiger partial charge in [-0.1, -0.05) is 37.5 Å². The summed E-state index contributed by atoms with van der Waals surface area (Å²) in [7, 11) is 0. The summed E-state index contributed by atoms with van der Waals surface area (Å²) in [5, 5.41) is 3.58. The van der Waals surface area contributed by atoms with E-state index < -0.39 is 0 Å². The van der Waals surface area contributed by atoms with Crippen molar-refractivity contribution in [3.63, 3.8) is 0 Å². The lowest BCUT2D eigenvalue weighted by atomic mass is 10.1. The quantitative estimate of drug-likeness (QED) is 0.831. The summed E-state index contributed by atoms with van der Waals surface area (Å²) in [5.74, 6) is 1.08. The lowest BCUT2D eigenvalue weighted by Crippen LogP contribution is -2.35. The van der Waals surface area contributed by atoms with Gasteiger partial charge in [-0.25, -0.2) is 0 Å². The molecule has 2 heteroatoms. The monoisotopic (exact) mass is 247 g/mol. The Bertz CT molecular complexity index is 389. The van der Waals surface area contributed by atoms with Crippen LogP contribution >= 0.6 is 0 Å². The number of fused-ring (bicyclic) bond motifs is 1. The van der Waals surface area contributed by atoms with Crippen molar-refractivity contribution in [3.05, 3.63) is 29.3 Å². The third kappa shape index (κ3) is 3.49. The highest BCUT2D eigenvalue weighted by atomic mass is 16.5. The molecule has 0 aliphatic carbocycles. The van der Waals surface area contributed by atoms with Crippen molar-refractivity contribution in [2.24, 2.45) is 0 Å². The summed E-state index contributed by atoms with van der Waals surface area (Å²) in [6.07, 6.45) is 5.20. The molecule has 100 valence electrons. The van der Waals surface area contributed by atoms with Crippen molar-refractivity contribution in [3.8, 4) is 5.75 Å². The Balaban J connectivity index is 1.77. The maximum Gasteiger partial charge on any atom is 0.123 e. The van der Waals surface area contributed by atoms with Crippen LogP contribution in [0.4, 0.5) is 0 Å². The maximum atomic E-state index is 5.95. The molecule has 0 spiro atoms. The number of benzene rings is 1. The van der Waals surface area contributed by atoms with Gasteiger partial charge in [-0.15, -0.1) is 0 Å². The molecule has 1 heterocycles. The Labute approximate surface area is 111 Å². The van der Waals surface area contributed by atoms with E-state index in [0.29, 0.717) is 12.1 Å². The summed E-state index contributed by atoms with van der Waals surface area (Å²) in [5.41, 5.74) is 2.69. The van der Waals surface area contributed by atoms with Gasteiger partial charge in [-0.05, 0) is 31.9 Å². The van der Waals surface area contributed by atoms with E-state index in [9.17, 15) is 0 Å². The number of rotatable bonds is 6. The molecule has 1 aliphatic rings. The fourth-order valence-corrected chi connectivity index (χ4v) is 2.51. The van der Waals surface area contributed by atoms with Gasteiger partial charge in [0.2, 0.25) is 0 Å². The third-order valence-corrected chi connectivity index (χ3v) is 3.64. The zero-order valence-corrected chi connectivity index (χ0v) is 11.8. The molecule has 18 heavy (non-hydrogen) atoms. The van der Waals surface area contributed by atoms with E-state index in [2.05, 4.69) is 44.3 Å². The largest absolute Gasteiger partial charge is 0.488 e. The zero-order valence-electron chi connectivity index (χ0n) is 11.8. The average molecular weight is 247 g/mol. The molecule has 1 aromatic carbocycles. The van der Waals surface area contributed by atoms with Crippen LogP contribution < -0.4 is 10.1 Å². The van der Waals surface area contributed by atoms with E-state index in [4.69, 9.17) is 4.74 Å². The molecule has 0 amide bonds. The number of ether oxygens (including phenoxy) is 1. The van der Waals surface area contributed by atoms with E-state index in [-0.39, 0.29) is 0 Å². The number of nitrogens with one attached hydrogen (secondary N) is 1. The molecule has 1 aromatic rings. The number of hydrogen-bond acceptors (Lipinski definition) is 2. The first-order chi connectivity index (χ1) is 8.69. The van der Waals surface area contributed by atoms with Crippen molar-refractivity contribution in [1.29, 1.82) is 0 Å². The van der Waals surface area contributed by atoms with Crippen LogP contribution in [0.2, 0.25) is 0 Å². The van der Waals surface area contributed by atoms with E-state index in [1.54, 1.807) is 0 Å². The average Bonchev–Trinajstić information content (AvgIpc) is 2.75. The van der Waals surface area contributed by atoms with Crippen LogP contribution in [-0.2, 0) is 6.42 Å². The van der Waals surface area contributed by atoms with Crippen LogP contribution in [0.25, 0.3) is 0 Å². The van der Waals surface area contributed by atoms with Crippen molar-refractivity contribution < 1.29 is 4.74 Å². The van der Waals surface area contributed by atoms with E-state index in [0.717, 1.165) is 18.7 Å². The smallest absolute Gasteiger partial charge is 0.123 e. The van der Waals surface area contributed by atoms with Crippen LogP contribution in [0.3, 0.4) is 0 Å². The van der Waals surface area contributed by atoms with E-state index in [1.807, 2.05) is 0 Å². The van der Waals surface area contributed by atoms with Gasteiger partial charge in [-0.3, -0.25) is 0 Å². The molecule has 0 saturated heterocycles. The number of aryl methyl sites for hydroxylation is 1. The van der Waals surface area contributed by atoms with Gasteiger partial charge in [0, 0.05) is 19.0 Å². The lowest BCUT2D eigenvalue weighted by Gasteiger charge is -2.17. The molecule has 2 nitrogen and oxygen atoms in total. The first-order valence-electron chi connectivity index (χ1n) is 7.18. The molecule has 0 fully saturated rings. The summed E-state index contributed by atoms with van der Waals surface area (Å²) in [6, 6.07) is 7.07. The lowest BCUT2D eigenvalue weighted by molar-refractivity contribution is 0.221. The molecule has 2 unspecified atom stereocenters. The van der Waals surface area contributed by atoms with Gasteiger partial charge in [-0.2, -0.15) is 0 Å². The second-order valence-electron chi connectivity index (χ2n) is 5.51. The molecule has 0 saturated carbocycles. The predicted octanol–water partition coefficient (Wildman–Crippen LogP) is 3.47. The van der Waals surface area contributed by atoms with Gasteiger partial charge in [0.1, 0.15) is 11.9 Å². The molecule has 2 atom stereocenters. The second kappa shape index (κ2) is 6.24. The second-order valence-corrected chi connectivity index (χ2v) is 5.51. The summed E-state index contributed by atoms with van der Waals surface area (Å²) in [6.45, 7) is 7.60. The number of hydrogen-bond donors (Lipinski definition) is 1. The minimum atomic E-state index is 0.311. The molecular weight excluding hydrogens is 222 g/mol. The molecule has 1 aliphatic heterocycles. The maximum absolute atomic E-state index is 5.95. The SMILES string of the molecule is CCCCC(C)NCC1Cc2cc(C)ccc2O1. The predicted molar refractivity (Wildman–Crippen MR) is 76.3 cm³/mol. The summed E-state index contributed by atoms with van der Waals surface area (Å²) < 4.78 is 5.95. The van der Waals surface area contributed by atoms with E-state index in [1.165, 1.54) is 30.4 Å². The normalized spacial score (nSPS) is 19.4. The Morgan fingerprint density at radius 3 is 3.06 bits per heavy atom. The Morgan fingerprint density at radius 2 is 2.28 bits per heavy atom. The highest BCUT2D eigenvalue weighted by molar-refractivity contribution is 5.40. The van der Waals surface area contributed by atoms with Gasteiger partial charge >= 0.3 is 0 Å². The first kappa shape index (κ1) is 13.4. The van der Waals surface area contributed by atoms with Crippen LogP contribution in [0, 0.1) is 6.92 Å². The fraction of sp³-hybridized carbons (Fsp3) is 0.625. The highest BCUT2D eigenvalue weighted by Crippen LogP contribution is 2.29. The van der Waals surface area contributed by atoms with Gasteiger partial charge in [0.05, 0.1) is 0 Å². The molecular formula is C16H25NO. The van der Waals surface area contributed by atoms with Crippen molar-refractivity contribution in [2.75, 3.05) is 6.54 Å². The van der Waals surface area contributed by atoms with E-state index >= 15 is 0 Å².